The molecule has 0 aliphatic carbocycles. The van der Waals surface area contributed by atoms with Crippen LogP contribution in [0.2, 0.25) is 0 Å². The van der Waals surface area contributed by atoms with Gasteiger partial charge in [0.1, 0.15) is 5.69 Å². The van der Waals surface area contributed by atoms with Crippen LogP contribution in [0.1, 0.15) is 10.4 Å². The maximum Gasteiger partial charge on any atom is 0.294 e. The Morgan fingerprint density at radius 1 is 1.23 bits per heavy atom. The molecule has 0 saturated carbocycles. The molecular formula is C16H19Cl2N5O3. The number of likely N-dealkylation sites (tertiary alicyclic amines) is 1. The monoisotopic (exact) mass is 399 g/mol. The molecule has 2 fully saturated rings. The van der Waals surface area contributed by atoms with Crippen molar-refractivity contribution in [3.63, 3.8) is 0 Å². The van der Waals surface area contributed by atoms with Crippen LogP contribution in [0.5, 0.6) is 0 Å². The summed E-state index contributed by atoms with van der Waals surface area (Å²) in [6, 6.07) is 4.62. The number of nitrogens with zero attached hydrogens (tertiary/aromatic N) is 4. The summed E-state index contributed by atoms with van der Waals surface area (Å²) in [5, 5.41) is 14.7. The van der Waals surface area contributed by atoms with Crippen molar-refractivity contribution in [1.82, 2.24) is 19.8 Å². The third-order valence-corrected chi connectivity index (χ3v) is 4.88. The molecular weight excluding hydrogens is 381 g/mol. The number of carbonyl (C=O) groups is 1. The Bertz CT molecular complexity index is 787. The maximum atomic E-state index is 12.7. The normalized spacial score (nSPS) is 20.8. The van der Waals surface area contributed by atoms with Crippen LogP contribution in [0.15, 0.2) is 36.9 Å². The fraction of sp³-hybridized carbons (Fsp3) is 0.375. The minimum atomic E-state index is -0.464. The van der Waals surface area contributed by atoms with Gasteiger partial charge in [0.2, 0.25) is 0 Å². The predicted octanol–water partition coefficient (Wildman–Crippen LogP) is 1.92. The van der Waals surface area contributed by atoms with Crippen LogP contribution in [0.3, 0.4) is 0 Å². The molecule has 2 saturated heterocycles. The second-order valence-corrected chi connectivity index (χ2v) is 6.32. The molecule has 2 atom stereocenters. The molecule has 2 aliphatic rings. The zero-order chi connectivity index (χ0) is 16.7. The maximum absolute atomic E-state index is 12.7. The first-order valence-corrected chi connectivity index (χ1v) is 7.90. The molecule has 2 aliphatic heterocycles. The third kappa shape index (κ3) is 3.53. The van der Waals surface area contributed by atoms with E-state index in [0.29, 0.717) is 36.2 Å². The summed E-state index contributed by atoms with van der Waals surface area (Å²) < 4.78 is 1.57. The first-order chi connectivity index (χ1) is 11.6. The largest absolute Gasteiger partial charge is 0.338 e. The highest BCUT2D eigenvalue weighted by atomic mass is 35.5. The van der Waals surface area contributed by atoms with Gasteiger partial charge in [-0.1, -0.05) is 0 Å². The van der Waals surface area contributed by atoms with Gasteiger partial charge in [-0.25, -0.2) is 4.98 Å². The van der Waals surface area contributed by atoms with Crippen molar-refractivity contribution in [3.8, 4) is 5.69 Å². The molecule has 1 aromatic heterocycles. The molecule has 8 nitrogen and oxygen atoms in total. The van der Waals surface area contributed by atoms with Crippen LogP contribution in [-0.2, 0) is 0 Å². The number of halogens is 2. The Labute approximate surface area is 162 Å². The molecule has 1 N–H and O–H groups in total. The first-order valence-electron chi connectivity index (χ1n) is 7.90. The molecule has 0 spiro atoms. The van der Waals surface area contributed by atoms with Gasteiger partial charge in [0.05, 0.1) is 11.3 Å². The second kappa shape index (κ2) is 8.03. The van der Waals surface area contributed by atoms with E-state index in [-0.39, 0.29) is 36.4 Å². The summed E-state index contributed by atoms with van der Waals surface area (Å²) in [5.74, 6) is 0.855. The highest BCUT2D eigenvalue weighted by molar-refractivity contribution is 5.95. The van der Waals surface area contributed by atoms with Gasteiger partial charge in [-0.2, -0.15) is 0 Å². The molecule has 10 heteroatoms. The molecule has 140 valence electrons. The van der Waals surface area contributed by atoms with Crippen molar-refractivity contribution in [2.45, 2.75) is 0 Å². The lowest BCUT2D eigenvalue weighted by Gasteiger charge is -2.17. The van der Waals surface area contributed by atoms with E-state index in [0.717, 1.165) is 13.1 Å². The van der Waals surface area contributed by atoms with Crippen molar-refractivity contribution in [2.24, 2.45) is 11.8 Å². The number of hydrogen-bond donors (Lipinski definition) is 1. The highest BCUT2D eigenvalue weighted by Gasteiger charge is 2.38. The molecule has 0 bridgehead atoms. The SMILES string of the molecule is Cl.Cl.O=C(c1ccc(-n2ccnc2)c([N+](=O)[O-])c1)N1C[C@H]2CNC[C@H]2C1. The van der Waals surface area contributed by atoms with E-state index in [9.17, 15) is 14.9 Å². The van der Waals surface area contributed by atoms with Gasteiger partial charge in [-0.05, 0) is 24.0 Å². The van der Waals surface area contributed by atoms with E-state index in [1.165, 1.54) is 12.4 Å². The summed E-state index contributed by atoms with van der Waals surface area (Å²) >= 11 is 0. The number of nitro benzene ring substituents is 1. The fourth-order valence-electron chi connectivity index (χ4n) is 3.63. The Morgan fingerprint density at radius 3 is 2.50 bits per heavy atom. The number of benzene rings is 1. The number of amides is 1. The molecule has 1 amide bonds. The Hall–Kier alpha value is -2.16. The number of rotatable bonds is 3. The smallest absolute Gasteiger partial charge is 0.294 e. The van der Waals surface area contributed by atoms with Crippen LogP contribution < -0.4 is 5.32 Å². The third-order valence-electron chi connectivity index (χ3n) is 4.88. The van der Waals surface area contributed by atoms with E-state index in [1.807, 2.05) is 4.90 Å². The zero-order valence-corrected chi connectivity index (χ0v) is 15.4. The van der Waals surface area contributed by atoms with Gasteiger partial charge in [-0.15, -0.1) is 24.8 Å². The molecule has 1 aromatic carbocycles. The molecule has 4 rings (SSSR count). The minimum absolute atomic E-state index is 0. The molecule has 3 heterocycles. The summed E-state index contributed by atoms with van der Waals surface area (Å²) in [4.78, 5) is 29.4. The van der Waals surface area contributed by atoms with E-state index in [2.05, 4.69) is 10.3 Å². The van der Waals surface area contributed by atoms with Crippen molar-refractivity contribution < 1.29 is 9.72 Å². The second-order valence-electron chi connectivity index (χ2n) is 6.32. The quantitative estimate of drug-likeness (QED) is 0.628. The number of nitro groups is 1. The van der Waals surface area contributed by atoms with Gasteiger partial charge in [0.15, 0.2) is 0 Å². The molecule has 26 heavy (non-hydrogen) atoms. The van der Waals surface area contributed by atoms with Gasteiger partial charge in [0, 0.05) is 50.2 Å². The van der Waals surface area contributed by atoms with Gasteiger partial charge < -0.3 is 14.8 Å². The number of nitrogens with one attached hydrogen (secondary N) is 1. The summed E-state index contributed by atoms with van der Waals surface area (Å²) in [6.45, 7) is 3.31. The molecule has 0 radical (unpaired) electrons. The summed E-state index contributed by atoms with van der Waals surface area (Å²) in [6.07, 6.45) is 4.69. The fourth-order valence-corrected chi connectivity index (χ4v) is 3.63. The molecule has 0 unspecified atom stereocenters. The van der Waals surface area contributed by atoms with E-state index in [1.54, 1.807) is 29.1 Å². The minimum Gasteiger partial charge on any atom is -0.338 e. The van der Waals surface area contributed by atoms with Crippen molar-refractivity contribution >= 4 is 36.4 Å². The summed E-state index contributed by atoms with van der Waals surface area (Å²) in [7, 11) is 0. The van der Waals surface area contributed by atoms with Crippen LogP contribution in [0, 0.1) is 22.0 Å². The lowest BCUT2D eigenvalue weighted by Crippen LogP contribution is -2.31. The van der Waals surface area contributed by atoms with Crippen LogP contribution >= 0.6 is 24.8 Å². The number of hydrogen-bond acceptors (Lipinski definition) is 5. The average Bonchev–Trinajstić information content (AvgIpc) is 3.30. The highest BCUT2D eigenvalue weighted by Crippen LogP contribution is 2.29. The Kier molecular flexibility index (Phi) is 6.22. The van der Waals surface area contributed by atoms with E-state index >= 15 is 0 Å². The zero-order valence-electron chi connectivity index (χ0n) is 13.8. The van der Waals surface area contributed by atoms with Crippen LogP contribution in [0.25, 0.3) is 5.69 Å². The number of carbonyl (C=O) groups excluding carboxylic acids is 1. The number of imidazole rings is 1. The van der Waals surface area contributed by atoms with E-state index < -0.39 is 4.92 Å². The van der Waals surface area contributed by atoms with Gasteiger partial charge >= 0.3 is 0 Å². The first kappa shape index (κ1) is 20.2. The van der Waals surface area contributed by atoms with Crippen molar-refractivity contribution in [3.05, 3.63) is 52.6 Å². The Morgan fingerprint density at radius 2 is 1.92 bits per heavy atom. The van der Waals surface area contributed by atoms with Crippen molar-refractivity contribution in [1.29, 1.82) is 0 Å². The van der Waals surface area contributed by atoms with Gasteiger partial charge in [0.25, 0.3) is 11.6 Å². The number of fused-ring (bicyclic) bond motifs is 1. The van der Waals surface area contributed by atoms with Crippen LogP contribution in [-0.4, -0.2) is 51.5 Å². The molecule has 2 aromatic rings. The van der Waals surface area contributed by atoms with Crippen LogP contribution in [0.4, 0.5) is 5.69 Å². The van der Waals surface area contributed by atoms with Gasteiger partial charge in [-0.3, -0.25) is 14.9 Å². The topological polar surface area (TPSA) is 93.3 Å². The van der Waals surface area contributed by atoms with E-state index in [4.69, 9.17) is 0 Å². The van der Waals surface area contributed by atoms with Crippen molar-refractivity contribution in [2.75, 3.05) is 26.2 Å². The Balaban J connectivity index is 0.00000121. The lowest BCUT2D eigenvalue weighted by atomic mass is 10.0. The standard InChI is InChI=1S/C16H17N5O3.2ClH/c22-16(20-8-12-6-18-7-13(12)9-20)11-1-2-14(15(5-11)21(23)24)19-4-3-17-10-19;;/h1-5,10,12-13,18H,6-9H2;2*1H/t12-,13+;;. The lowest BCUT2D eigenvalue weighted by molar-refractivity contribution is -0.384. The summed E-state index contributed by atoms with van der Waals surface area (Å²) in [5.41, 5.74) is 0.662. The average molecular weight is 400 g/mol. The number of aromatic nitrogens is 2. The predicted molar refractivity (Wildman–Crippen MR) is 100 cm³/mol.